The number of hydrogen-bond acceptors (Lipinski definition) is 6. The first-order chi connectivity index (χ1) is 16.5. The number of nitrogens with zero attached hydrogens (tertiary/aromatic N) is 1. The third kappa shape index (κ3) is 5.21. The van der Waals surface area contributed by atoms with Gasteiger partial charge in [-0.3, -0.25) is 4.79 Å². The van der Waals surface area contributed by atoms with Gasteiger partial charge < -0.3 is 20.1 Å². The summed E-state index contributed by atoms with van der Waals surface area (Å²) in [6.07, 6.45) is 0. The molecule has 2 aromatic carbocycles. The van der Waals surface area contributed by atoms with Crippen LogP contribution in [0.1, 0.15) is 38.1 Å². The fourth-order valence-corrected chi connectivity index (χ4v) is 4.70. The quantitative estimate of drug-likeness (QED) is 0.317. The minimum absolute atomic E-state index is 0.150. The van der Waals surface area contributed by atoms with Gasteiger partial charge in [0.1, 0.15) is 10.8 Å². The minimum atomic E-state index is -0.287. The van der Waals surface area contributed by atoms with Crippen LogP contribution in [-0.2, 0) is 0 Å². The van der Waals surface area contributed by atoms with Gasteiger partial charge in [0.15, 0.2) is 11.5 Å². The Bertz CT molecular complexity index is 1290. The number of benzene rings is 2. The molecule has 0 aliphatic rings. The van der Waals surface area contributed by atoms with Crippen LogP contribution >= 0.6 is 11.3 Å². The molecule has 0 spiro atoms. The van der Waals surface area contributed by atoms with Crippen molar-refractivity contribution in [1.29, 1.82) is 0 Å². The average Bonchev–Trinajstić information content (AvgIpc) is 3.22. The number of rotatable bonds is 8. The molecule has 1 amide bonds. The average molecular weight is 474 g/mol. The van der Waals surface area contributed by atoms with E-state index < -0.39 is 0 Å². The van der Waals surface area contributed by atoms with E-state index in [1.54, 1.807) is 37.7 Å². The van der Waals surface area contributed by atoms with Gasteiger partial charge in [-0.1, -0.05) is 30.3 Å². The van der Waals surface area contributed by atoms with Gasteiger partial charge in [0.25, 0.3) is 5.91 Å². The maximum Gasteiger partial charge on any atom is 0.256 e. The second-order valence-electron chi connectivity index (χ2n) is 7.82. The number of hydrogen-bond donors (Lipinski definition) is 2. The maximum absolute atomic E-state index is 12.9. The fraction of sp³-hybridized carbons (Fsp3) is 0.185. The summed E-state index contributed by atoms with van der Waals surface area (Å²) in [4.78, 5) is 18.7. The molecule has 0 saturated carbocycles. The Morgan fingerprint density at radius 2 is 1.68 bits per heavy atom. The lowest BCUT2D eigenvalue weighted by molar-refractivity contribution is 0.102. The van der Waals surface area contributed by atoms with E-state index in [1.807, 2.05) is 68.4 Å². The Labute approximate surface area is 203 Å². The highest BCUT2D eigenvalue weighted by atomic mass is 32.1. The van der Waals surface area contributed by atoms with E-state index in [-0.39, 0.29) is 11.9 Å². The number of amides is 1. The SMILES string of the molecule is COc1ccc(C(Nc2cccc(C)n2)c2cc(C)sc2NC(=O)c2ccccc2)cc1OC. The van der Waals surface area contributed by atoms with Crippen LogP contribution in [0.25, 0.3) is 0 Å². The van der Waals surface area contributed by atoms with Crippen LogP contribution in [0.4, 0.5) is 10.8 Å². The minimum Gasteiger partial charge on any atom is -0.493 e. The summed E-state index contributed by atoms with van der Waals surface area (Å²) < 4.78 is 11.0. The summed E-state index contributed by atoms with van der Waals surface area (Å²) in [5, 5.41) is 7.45. The van der Waals surface area contributed by atoms with Crippen molar-refractivity contribution in [3.63, 3.8) is 0 Å². The zero-order valence-electron chi connectivity index (χ0n) is 19.6. The maximum atomic E-state index is 12.9. The Morgan fingerprint density at radius 3 is 2.38 bits per heavy atom. The standard InChI is InChI=1S/C27H27N3O3S/c1-17-9-8-12-24(28-17)29-25(20-13-14-22(32-3)23(16-20)33-4)21-15-18(2)34-27(21)30-26(31)19-10-6-5-7-11-19/h5-16,25H,1-4H3,(H,28,29)(H,30,31). The second kappa shape index (κ2) is 10.4. The molecule has 2 N–H and O–H groups in total. The Balaban J connectivity index is 1.77. The van der Waals surface area contributed by atoms with Crippen LogP contribution < -0.4 is 20.1 Å². The molecule has 0 aliphatic carbocycles. The van der Waals surface area contributed by atoms with Crippen molar-refractivity contribution in [3.8, 4) is 11.5 Å². The van der Waals surface area contributed by atoms with Crippen LogP contribution in [0.3, 0.4) is 0 Å². The molecule has 0 radical (unpaired) electrons. The third-order valence-corrected chi connectivity index (χ3v) is 6.36. The molecule has 0 bridgehead atoms. The van der Waals surface area contributed by atoms with Gasteiger partial charge in [-0.15, -0.1) is 11.3 Å². The number of aromatic nitrogens is 1. The number of aryl methyl sites for hydroxylation is 2. The molecule has 174 valence electrons. The van der Waals surface area contributed by atoms with Crippen LogP contribution in [0.15, 0.2) is 72.8 Å². The van der Waals surface area contributed by atoms with Crippen molar-refractivity contribution >= 4 is 28.1 Å². The van der Waals surface area contributed by atoms with Gasteiger partial charge in [-0.05, 0) is 61.9 Å². The number of carbonyl (C=O) groups is 1. The van der Waals surface area contributed by atoms with Crippen molar-refractivity contribution in [2.45, 2.75) is 19.9 Å². The van der Waals surface area contributed by atoms with Crippen LogP contribution in [-0.4, -0.2) is 25.1 Å². The molecule has 2 aromatic heterocycles. The van der Waals surface area contributed by atoms with Gasteiger partial charge in [-0.2, -0.15) is 0 Å². The highest BCUT2D eigenvalue weighted by Crippen LogP contribution is 2.40. The lowest BCUT2D eigenvalue weighted by Gasteiger charge is -2.22. The summed E-state index contributed by atoms with van der Waals surface area (Å²) in [5.74, 6) is 1.87. The van der Waals surface area contributed by atoms with Crippen molar-refractivity contribution < 1.29 is 14.3 Å². The van der Waals surface area contributed by atoms with E-state index in [0.29, 0.717) is 17.1 Å². The van der Waals surface area contributed by atoms with Gasteiger partial charge in [0, 0.05) is 21.7 Å². The molecule has 2 heterocycles. The van der Waals surface area contributed by atoms with Gasteiger partial charge >= 0.3 is 0 Å². The number of ether oxygens (including phenoxy) is 2. The zero-order valence-corrected chi connectivity index (χ0v) is 20.4. The molecule has 6 nitrogen and oxygen atoms in total. The topological polar surface area (TPSA) is 72.5 Å². The number of carbonyl (C=O) groups excluding carboxylic acids is 1. The normalized spacial score (nSPS) is 11.5. The summed E-state index contributed by atoms with van der Waals surface area (Å²) in [7, 11) is 3.23. The van der Waals surface area contributed by atoms with Crippen LogP contribution in [0, 0.1) is 13.8 Å². The first-order valence-corrected chi connectivity index (χ1v) is 11.7. The smallest absolute Gasteiger partial charge is 0.256 e. The van der Waals surface area contributed by atoms with E-state index >= 15 is 0 Å². The molecule has 1 atom stereocenters. The number of nitrogens with one attached hydrogen (secondary N) is 2. The molecule has 4 rings (SSSR count). The van der Waals surface area contributed by atoms with Crippen molar-refractivity contribution in [3.05, 3.63) is 100 Å². The van der Waals surface area contributed by atoms with Crippen molar-refractivity contribution in [2.75, 3.05) is 24.9 Å². The largest absolute Gasteiger partial charge is 0.493 e. The van der Waals surface area contributed by atoms with E-state index in [9.17, 15) is 4.79 Å². The second-order valence-corrected chi connectivity index (χ2v) is 9.07. The molecule has 0 aliphatic heterocycles. The number of methoxy groups -OCH3 is 2. The zero-order chi connectivity index (χ0) is 24.1. The third-order valence-electron chi connectivity index (χ3n) is 5.38. The fourth-order valence-electron chi connectivity index (χ4n) is 3.76. The van der Waals surface area contributed by atoms with E-state index in [0.717, 1.165) is 32.5 Å². The van der Waals surface area contributed by atoms with Crippen molar-refractivity contribution in [1.82, 2.24) is 4.98 Å². The number of anilines is 2. The van der Waals surface area contributed by atoms with Crippen LogP contribution in [0.2, 0.25) is 0 Å². The first kappa shape index (κ1) is 23.3. The summed E-state index contributed by atoms with van der Waals surface area (Å²) in [6.45, 7) is 3.99. The summed E-state index contributed by atoms with van der Waals surface area (Å²) >= 11 is 1.54. The van der Waals surface area contributed by atoms with E-state index in [4.69, 9.17) is 9.47 Å². The molecular formula is C27H27N3O3S. The predicted molar refractivity (Wildman–Crippen MR) is 137 cm³/mol. The molecule has 0 fully saturated rings. The van der Waals surface area contributed by atoms with E-state index in [1.165, 1.54) is 0 Å². The van der Waals surface area contributed by atoms with E-state index in [2.05, 4.69) is 21.7 Å². The van der Waals surface area contributed by atoms with Gasteiger partial charge in [-0.25, -0.2) is 4.98 Å². The number of pyridine rings is 1. The number of thiophene rings is 1. The summed E-state index contributed by atoms with van der Waals surface area (Å²) in [6, 6.07) is 22.7. The molecular weight excluding hydrogens is 446 g/mol. The molecule has 4 aromatic rings. The lowest BCUT2D eigenvalue weighted by atomic mass is 9.99. The van der Waals surface area contributed by atoms with Crippen molar-refractivity contribution in [2.24, 2.45) is 0 Å². The first-order valence-electron chi connectivity index (χ1n) is 10.9. The van der Waals surface area contributed by atoms with Crippen LogP contribution in [0.5, 0.6) is 11.5 Å². The monoisotopic (exact) mass is 473 g/mol. The highest BCUT2D eigenvalue weighted by Gasteiger charge is 2.23. The Morgan fingerprint density at radius 1 is 0.912 bits per heavy atom. The Kier molecular flexibility index (Phi) is 7.13. The molecule has 34 heavy (non-hydrogen) atoms. The molecule has 1 unspecified atom stereocenters. The Hall–Kier alpha value is -3.84. The molecule has 7 heteroatoms. The molecule has 0 saturated heterocycles. The van der Waals surface area contributed by atoms with Gasteiger partial charge in [0.2, 0.25) is 0 Å². The van der Waals surface area contributed by atoms with Gasteiger partial charge in [0.05, 0.1) is 20.3 Å². The highest BCUT2D eigenvalue weighted by molar-refractivity contribution is 7.16. The summed E-state index contributed by atoms with van der Waals surface area (Å²) in [5.41, 5.74) is 3.42. The predicted octanol–water partition coefficient (Wildman–Crippen LogP) is 6.23. The lowest BCUT2D eigenvalue weighted by Crippen LogP contribution is -2.17.